The van der Waals surface area contributed by atoms with Gasteiger partial charge in [-0.25, -0.2) is 4.79 Å². The molecule has 0 bridgehead atoms. The van der Waals surface area contributed by atoms with Crippen LogP contribution in [0.25, 0.3) is 0 Å². The van der Waals surface area contributed by atoms with Crippen LogP contribution >= 0.6 is 0 Å². The second-order valence-electron chi connectivity index (χ2n) is 5.62. The Labute approximate surface area is 136 Å². The van der Waals surface area contributed by atoms with Gasteiger partial charge in [-0.3, -0.25) is 0 Å². The van der Waals surface area contributed by atoms with Gasteiger partial charge in [0.2, 0.25) is 0 Å². The van der Waals surface area contributed by atoms with Gasteiger partial charge in [-0.1, -0.05) is 36.4 Å². The van der Waals surface area contributed by atoms with Gasteiger partial charge in [-0.2, -0.15) is 0 Å². The normalized spacial score (nSPS) is 11.7. The van der Waals surface area contributed by atoms with Gasteiger partial charge in [-0.05, 0) is 30.2 Å². The summed E-state index contributed by atoms with van der Waals surface area (Å²) in [5.74, 6) is 0. The van der Waals surface area contributed by atoms with Crippen molar-refractivity contribution in [2.45, 2.75) is 13.0 Å². The highest BCUT2D eigenvalue weighted by Gasteiger charge is 2.12. The van der Waals surface area contributed by atoms with Gasteiger partial charge in [0.05, 0.1) is 17.5 Å². The van der Waals surface area contributed by atoms with Crippen LogP contribution in [0.3, 0.4) is 0 Å². The van der Waals surface area contributed by atoms with Crippen LogP contribution in [0.5, 0.6) is 0 Å². The first-order valence-electron chi connectivity index (χ1n) is 7.54. The van der Waals surface area contributed by atoms with Gasteiger partial charge in [0.15, 0.2) is 0 Å². The molecule has 0 heterocycles. The van der Waals surface area contributed by atoms with Crippen molar-refractivity contribution in [3.05, 3.63) is 59.7 Å². The number of rotatable bonds is 5. The molecule has 0 aliphatic heterocycles. The maximum absolute atomic E-state index is 12.1. The minimum absolute atomic E-state index is 0.154. The largest absolute Gasteiger partial charge is 0.387 e. The molecule has 122 valence electrons. The lowest BCUT2D eigenvalue weighted by atomic mass is 10.0. The SMILES string of the molecule is Cc1ccccc1C(O)CNC(=O)Nc1ccccc1N(C)C. The fourth-order valence-corrected chi connectivity index (χ4v) is 2.40. The van der Waals surface area contributed by atoms with Crippen molar-refractivity contribution < 1.29 is 9.90 Å². The fraction of sp³-hybridized carbons (Fsp3) is 0.278. The standard InChI is InChI=1S/C18H23N3O2/c1-13-8-4-5-9-14(13)17(22)12-19-18(23)20-15-10-6-7-11-16(15)21(2)3/h4-11,17,22H,12H2,1-3H3,(H2,19,20,23). The molecule has 0 aliphatic rings. The van der Waals surface area contributed by atoms with E-state index in [-0.39, 0.29) is 12.6 Å². The van der Waals surface area contributed by atoms with E-state index >= 15 is 0 Å². The Morgan fingerprint density at radius 1 is 1.13 bits per heavy atom. The molecular formula is C18H23N3O2. The number of aryl methyl sites for hydroxylation is 1. The van der Waals surface area contributed by atoms with Crippen molar-refractivity contribution >= 4 is 17.4 Å². The van der Waals surface area contributed by atoms with E-state index in [4.69, 9.17) is 0 Å². The lowest BCUT2D eigenvalue weighted by molar-refractivity contribution is 0.174. The minimum Gasteiger partial charge on any atom is -0.387 e. The van der Waals surface area contributed by atoms with Crippen LogP contribution < -0.4 is 15.5 Å². The van der Waals surface area contributed by atoms with E-state index in [0.29, 0.717) is 0 Å². The average molecular weight is 313 g/mol. The summed E-state index contributed by atoms with van der Waals surface area (Å²) in [6.45, 7) is 2.09. The maximum Gasteiger partial charge on any atom is 0.319 e. The van der Waals surface area contributed by atoms with Gasteiger partial charge >= 0.3 is 6.03 Å². The van der Waals surface area contributed by atoms with Crippen LogP contribution in [-0.2, 0) is 0 Å². The van der Waals surface area contributed by atoms with Crippen LogP contribution in [0, 0.1) is 6.92 Å². The number of hydrogen-bond donors (Lipinski definition) is 3. The summed E-state index contributed by atoms with van der Waals surface area (Å²) in [6.07, 6.45) is -0.731. The van der Waals surface area contributed by atoms with E-state index in [9.17, 15) is 9.90 Å². The summed E-state index contributed by atoms with van der Waals surface area (Å²) in [5, 5.41) is 15.7. The summed E-state index contributed by atoms with van der Waals surface area (Å²) < 4.78 is 0. The van der Waals surface area contributed by atoms with E-state index in [1.807, 2.05) is 74.4 Å². The molecule has 0 saturated carbocycles. The number of nitrogens with zero attached hydrogens (tertiary/aromatic N) is 1. The number of carbonyl (C=O) groups is 1. The molecule has 0 aromatic heterocycles. The molecule has 5 nitrogen and oxygen atoms in total. The Hall–Kier alpha value is -2.53. The Balaban J connectivity index is 1.95. The first kappa shape index (κ1) is 16.8. The summed E-state index contributed by atoms with van der Waals surface area (Å²) in [5.41, 5.74) is 3.46. The minimum atomic E-state index is -0.731. The number of carbonyl (C=O) groups excluding carboxylic acids is 1. The van der Waals surface area contributed by atoms with Gasteiger partial charge in [-0.15, -0.1) is 0 Å². The quantitative estimate of drug-likeness (QED) is 0.795. The number of aliphatic hydroxyl groups excluding tert-OH is 1. The molecule has 0 aliphatic carbocycles. The van der Waals surface area contributed by atoms with Crippen molar-refractivity contribution in [3.63, 3.8) is 0 Å². The molecule has 3 N–H and O–H groups in total. The third-order valence-corrected chi connectivity index (χ3v) is 3.64. The highest BCUT2D eigenvalue weighted by molar-refractivity contribution is 5.93. The van der Waals surface area contributed by atoms with Crippen molar-refractivity contribution in [3.8, 4) is 0 Å². The first-order valence-corrected chi connectivity index (χ1v) is 7.54. The number of anilines is 2. The lowest BCUT2D eigenvalue weighted by Gasteiger charge is -2.19. The number of para-hydroxylation sites is 2. The Bertz CT molecular complexity index is 671. The molecule has 5 heteroatoms. The predicted molar refractivity (Wildman–Crippen MR) is 93.9 cm³/mol. The topological polar surface area (TPSA) is 64.6 Å². The second kappa shape index (κ2) is 7.65. The Kier molecular flexibility index (Phi) is 5.60. The highest BCUT2D eigenvalue weighted by atomic mass is 16.3. The average Bonchev–Trinajstić information content (AvgIpc) is 2.53. The van der Waals surface area contributed by atoms with E-state index < -0.39 is 6.10 Å². The van der Waals surface area contributed by atoms with Crippen LogP contribution in [0.2, 0.25) is 0 Å². The molecule has 0 fully saturated rings. The lowest BCUT2D eigenvalue weighted by Crippen LogP contribution is -2.33. The van der Waals surface area contributed by atoms with Crippen LogP contribution in [0.4, 0.5) is 16.2 Å². The van der Waals surface area contributed by atoms with E-state index in [2.05, 4.69) is 10.6 Å². The summed E-state index contributed by atoms with van der Waals surface area (Å²) in [6, 6.07) is 14.8. The van der Waals surface area contributed by atoms with Crippen LogP contribution in [0.15, 0.2) is 48.5 Å². The Morgan fingerprint density at radius 2 is 1.78 bits per heavy atom. The zero-order valence-electron chi connectivity index (χ0n) is 13.7. The molecule has 2 aromatic carbocycles. The van der Waals surface area contributed by atoms with E-state index in [1.165, 1.54) is 0 Å². The number of hydrogen-bond acceptors (Lipinski definition) is 3. The molecule has 23 heavy (non-hydrogen) atoms. The monoisotopic (exact) mass is 313 g/mol. The van der Waals surface area contributed by atoms with E-state index in [1.54, 1.807) is 0 Å². The zero-order chi connectivity index (χ0) is 16.8. The van der Waals surface area contributed by atoms with Gasteiger partial charge in [0, 0.05) is 20.6 Å². The molecular weight excluding hydrogens is 290 g/mol. The predicted octanol–water partition coefficient (Wildman–Crippen LogP) is 2.92. The fourth-order valence-electron chi connectivity index (χ4n) is 2.40. The van der Waals surface area contributed by atoms with Crippen molar-refractivity contribution in [1.29, 1.82) is 0 Å². The van der Waals surface area contributed by atoms with E-state index in [0.717, 1.165) is 22.5 Å². The first-order chi connectivity index (χ1) is 11.0. The molecule has 1 unspecified atom stereocenters. The third-order valence-electron chi connectivity index (χ3n) is 3.64. The number of benzene rings is 2. The third kappa shape index (κ3) is 4.47. The van der Waals surface area contributed by atoms with Gasteiger partial charge < -0.3 is 20.6 Å². The number of aliphatic hydroxyl groups is 1. The van der Waals surface area contributed by atoms with Crippen molar-refractivity contribution in [1.82, 2.24) is 5.32 Å². The summed E-state index contributed by atoms with van der Waals surface area (Å²) in [4.78, 5) is 14.0. The second-order valence-corrected chi connectivity index (χ2v) is 5.62. The molecule has 0 spiro atoms. The van der Waals surface area contributed by atoms with Crippen molar-refractivity contribution in [2.24, 2.45) is 0 Å². The Morgan fingerprint density at radius 3 is 2.48 bits per heavy atom. The summed E-state index contributed by atoms with van der Waals surface area (Å²) in [7, 11) is 3.83. The number of urea groups is 1. The zero-order valence-corrected chi connectivity index (χ0v) is 13.7. The molecule has 1 atom stereocenters. The molecule has 2 rings (SSSR count). The smallest absolute Gasteiger partial charge is 0.319 e. The van der Waals surface area contributed by atoms with Crippen LogP contribution in [-0.4, -0.2) is 31.8 Å². The molecule has 2 aromatic rings. The highest BCUT2D eigenvalue weighted by Crippen LogP contribution is 2.23. The number of amides is 2. The van der Waals surface area contributed by atoms with Crippen molar-refractivity contribution in [2.75, 3.05) is 30.9 Å². The maximum atomic E-state index is 12.1. The van der Waals surface area contributed by atoms with Crippen LogP contribution in [0.1, 0.15) is 17.2 Å². The molecule has 0 radical (unpaired) electrons. The number of nitrogens with one attached hydrogen (secondary N) is 2. The summed E-state index contributed by atoms with van der Waals surface area (Å²) >= 11 is 0. The molecule has 2 amide bonds. The van der Waals surface area contributed by atoms with Gasteiger partial charge in [0.25, 0.3) is 0 Å². The van der Waals surface area contributed by atoms with Gasteiger partial charge in [0.1, 0.15) is 0 Å². The molecule has 0 saturated heterocycles.